The molecule has 0 aromatic heterocycles. The van der Waals surface area contributed by atoms with Crippen LogP contribution in [0.4, 0.5) is 5.69 Å². The summed E-state index contributed by atoms with van der Waals surface area (Å²) in [6, 6.07) is 13.8. The number of carboxylic acid groups (broad SMARTS) is 1. The van der Waals surface area contributed by atoms with Gasteiger partial charge in [-0.05, 0) is 49.7 Å². The zero-order valence-corrected chi connectivity index (χ0v) is 15.8. The number of hydrogen-bond acceptors (Lipinski definition) is 4. The van der Waals surface area contributed by atoms with Gasteiger partial charge in [0.25, 0.3) is 5.91 Å². The molecule has 1 amide bonds. The van der Waals surface area contributed by atoms with Crippen molar-refractivity contribution in [2.75, 3.05) is 25.6 Å². The number of hydrogen-bond donors (Lipinski definition) is 2. The minimum Gasteiger partial charge on any atom is -0.493 e. The first-order valence-electron chi connectivity index (χ1n) is 8.71. The van der Waals surface area contributed by atoms with Crippen molar-refractivity contribution in [1.82, 2.24) is 0 Å². The number of carboxylic acids is 1. The van der Waals surface area contributed by atoms with Gasteiger partial charge in [0.05, 0.1) is 12.0 Å². The summed E-state index contributed by atoms with van der Waals surface area (Å²) in [4.78, 5) is 23.8. The Balaban J connectivity index is 2.01. The fraction of sp³-hybridized carbons (Fsp3) is 0.333. The van der Waals surface area contributed by atoms with Crippen molar-refractivity contribution in [3.8, 4) is 5.75 Å². The first-order chi connectivity index (χ1) is 12.8. The molecule has 6 nitrogen and oxygen atoms in total. The predicted molar refractivity (Wildman–Crippen MR) is 103 cm³/mol. The summed E-state index contributed by atoms with van der Waals surface area (Å²) in [5, 5.41) is 12.1. The van der Waals surface area contributed by atoms with E-state index >= 15 is 0 Å². The van der Waals surface area contributed by atoms with Crippen LogP contribution in [0.15, 0.2) is 48.5 Å². The van der Waals surface area contributed by atoms with E-state index in [0.29, 0.717) is 35.8 Å². The highest BCUT2D eigenvalue weighted by atomic mass is 16.5. The quantitative estimate of drug-likeness (QED) is 0.656. The van der Waals surface area contributed by atoms with E-state index in [9.17, 15) is 14.7 Å². The number of anilines is 1. The van der Waals surface area contributed by atoms with Gasteiger partial charge in [0, 0.05) is 31.4 Å². The van der Waals surface area contributed by atoms with Crippen LogP contribution in [-0.2, 0) is 14.9 Å². The zero-order valence-electron chi connectivity index (χ0n) is 15.8. The minimum absolute atomic E-state index is 0.261. The van der Waals surface area contributed by atoms with Gasteiger partial charge in [0.2, 0.25) is 0 Å². The lowest BCUT2D eigenvalue weighted by Gasteiger charge is -2.19. The standard InChI is InChI=1S/C21H25NO5/c1-21(2,20(24)25)16-8-10-17(11-9-16)22-19(23)15-6-4-7-18(14-15)27-13-5-12-26-3/h4,6-11,14H,5,12-13H2,1-3H3,(H,22,23)(H,24,25). The van der Waals surface area contributed by atoms with Crippen LogP contribution in [0.25, 0.3) is 0 Å². The molecule has 2 rings (SSSR count). The molecular formula is C21H25NO5. The number of methoxy groups -OCH3 is 1. The smallest absolute Gasteiger partial charge is 0.313 e. The number of rotatable bonds is 9. The molecule has 0 aliphatic rings. The second-order valence-electron chi connectivity index (χ2n) is 6.68. The van der Waals surface area contributed by atoms with E-state index in [2.05, 4.69) is 5.32 Å². The molecule has 27 heavy (non-hydrogen) atoms. The monoisotopic (exact) mass is 371 g/mol. The van der Waals surface area contributed by atoms with Crippen molar-refractivity contribution in [3.63, 3.8) is 0 Å². The third-order valence-electron chi connectivity index (χ3n) is 4.26. The fourth-order valence-electron chi connectivity index (χ4n) is 2.42. The maximum Gasteiger partial charge on any atom is 0.313 e. The molecule has 2 aromatic rings. The molecule has 0 aliphatic carbocycles. The maximum absolute atomic E-state index is 12.5. The molecule has 2 N–H and O–H groups in total. The van der Waals surface area contributed by atoms with Crippen LogP contribution in [0.2, 0.25) is 0 Å². The third-order valence-corrected chi connectivity index (χ3v) is 4.26. The summed E-state index contributed by atoms with van der Waals surface area (Å²) >= 11 is 0. The normalized spacial score (nSPS) is 11.1. The van der Waals surface area contributed by atoms with Gasteiger partial charge < -0.3 is 19.9 Å². The number of ether oxygens (including phenoxy) is 2. The average molecular weight is 371 g/mol. The predicted octanol–water partition coefficient (Wildman–Crippen LogP) is 3.72. The summed E-state index contributed by atoms with van der Waals surface area (Å²) < 4.78 is 10.6. The highest BCUT2D eigenvalue weighted by Gasteiger charge is 2.29. The highest BCUT2D eigenvalue weighted by molar-refractivity contribution is 6.04. The molecule has 0 unspecified atom stereocenters. The van der Waals surface area contributed by atoms with Crippen molar-refractivity contribution in [2.24, 2.45) is 0 Å². The largest absolute Gasteiger partial charge is 0.493 e. The van der Waals surface area contributed by atoms with Gasteiger partial charge in [-0.1, -0.05) is 18.2 Å². The van der Waals surface area contributed by atoms with Crippen molar-refractivity contribution in [2.45, 2.75) is 25.7 Å². The molecule has 0 saturated carbocycles. The molecule has 0 saturated heterocycles. The van der Waals surface area contributed by atoms with Gasteiger partial charge in [0.15, 0.2) is 0 Å². The van der Waals surface area contributed by atoms with E-state index < -0.39 is 11.4 Å². The van der Waals surface area contributed by atoms with Gasteiger partial charge in [-0.15, -0.1) is 0 Å². The van der Waals surface area contributed by atoms with Crippen LogP contribution in [0.1, 0.15) is 36.2 Å². The third kappa shape index (κ3) is 5.56. The molecule has 2 aromatic carbocycles. The minimum atomic E-state index is -0.989. The number of benzene rings is 2. The Labute approximate surface area is 159 Å². The zero-order chi connectivity index (χ0) is 19.9. The number of carbonyl (C=O) groups is 2. The van der Waals surface area contributed by atoms with E-state index in [1.165, 1.54) is 0 Å². The van der Waals surface area contributed by atoms with Crippen molar-refractivity contribution < 1.29 is 24.2 Å². The number of nitrogens with one attached hydrogen (secondary N) is 1. The van der Waals surface area contributed by atoms with Crippen LogP contribution >= 0.6 is 0 Å². The Kier molecular flexibility index (Phi) is 6.96. The Morgan fingerprint density at radius 3 is 2.41 bits per heavy atom. The van der Waals surface area contributed by atoms with Crippen molar-refractivity contribution in [1.29, 1.82) is 0 Å². The number of aliphatic carboxylic acids is 1. The molecule has 0 heterocycles. The molecule has 6 heteroatoms. The Bertz CT molecular complexity index is 783. The topological polar surface area (TPSA) is 84.9 Å². The Morgan fingerprint density at radius 1 is 1.07 bits per heavy atom. The Hall–Kier alpha value is -2.86. The first-order valence-corrected chi connectivity index (χ1v) is 8.71. The van der Waals surface area contributed by atoms with Crippen molar-refractivity contribution in [3.05, 3.63) is 59.7 Å². The second kappa shape index (κ2) is 9.19. The van der Waals surface area contributed by atoms with E-state index in [1.807, 2.05) is 0 Å². The molecular weight excluding hydrogens is 346 g/mol. The van der Waals surface area contributed by atoms with E-state index in [1.54, 1.807) is 69.5 Å². The van der Waals surface area contributed by atoms with Crippen molar-refractivity contribution >= 4 is 17.6 Å². The maximum atomic E-state index is 12.5. The molecule has 0 atom stereocenters. The van der Waals surface area contributed by atoms with Gasteiger partial charge >= 0.3 is 5.97 Å². The highest BCUT2D eigenvalue weighted by Crippen LogP contribution is 2.25. The van der Waals surface area contributed by atoms with Crippen LogP contribution in [-0.4, -0.2) is 37.3 Å². The summed E-state index contributed by atoms with van der Waals surface area (Å²) in [6.45, 7) is 4.41. The summed E-state index contributed by atoms with van der Waals surface area (Å²) in [5.41, 5.74) is 0.752. The lowest BCUT2D eigenvalue weighted by atomic mass is 9.85. The van der Waals surface area contributed by atoms with Crippen LogP contribution in [0.3, 0.4) is 0 Å². The number of amides is 1. The van der Waals surface area contributed by atoms with Gasteiger partial charge in [0.1, 0.15) is 5.75 Å². The van der Waals surface area contributed by atoms with Crippen LogP contribution in [0, 0.1) is 0 Å². The van der Waals surface area contributed by atoms with Gasteiger partial charge in [-0.2, -0.15) is 0 Å². The molecule has 0 fully saturated rings. The van der Waals surface area contributed by atoms with Crippen LogP contribution < -0.4 is 10.1 Å². The summed E-state index contributed by atoms with van der Waals surface area (Å²) in [6.07, 6.45) is 0.770. The molecule has 0 spiro atoms. The second-order valence-corrected chi connectivity index (χ2v) is 6.68. The lowest BCUT2D eigenvalue weighted by molar-refractivity contribution is -0.142. The van der Waals surface area contributed by atoms with E-state index in [0.717, 1.165) is 6.42 Å². The molecule has 0 radical (unpaired) electrons. The summed E-state index contributed by atoms with van der Waals surface area (Å²) in [5.74, 6) is -0.540. The first kappa shape index (κ1) is 20.5. The summed E-state index contributed by atoms with van der Waals surface area (Å²) in [7, 11) is 1.64. The van der Waals surface area contributed by atoms with E-state index in [4.69, 9.17) is 9.47 Å². The van der Waals surface area contributed by atoms with Gasteiger partial charge in [-0.25, -0.2) is 0 Å². The lowest BCUT2D eigenvalue weighted by Crippen LogP contribution is -2.28. The van der Waals surface area contributed by atoms with Crippen LogP contribution in [0.5, 0.6) is 5.75 Å². The SMILES string of the molecule is COCCCOc1cccc(C(=O)Nc2ccc(C(C)(C)C(=O)O)cc2)c1. The molecule has 144 valence electrons. The number of carbonyl (C=O) groups excluding carboxylic acids is 1. The average Bonchev–Trinajstić information content (AvgIpc) is 2.66. The molecule has 0 bridgehead atoms. The van der Waals surface area contributed by atoms with Gasteiger partial charge in [-0.3, -0.25) is 9.59 Å². The van der Waals surface area contributed by atoms with E-state index in [-0.39, 0.29) is 5.91 Å². The Morgan fingerprint density at radius 2 is 1.78 bits per heavy atom. The fourth-order valence-corrected chi connectivity index (χ4v) is 2.42. The molecule has 0 aliphatic heterocycles.